The highest BCUT2D eigenvalue weighted by Gasteiger charge is 2.86. The molecule has 366 valence electrons. The third-order valence-electron chi connectivity index (χ3n) is 18.2. The topological polar surface area (TPSA) is 179 Å². The van der Waals surface area contributed by atoms with E-state index in [9.17, 15) is 5.11 Å². The molecule has 6 aliphatic heterocycles. The van der Waals surface area contributed by atoms with E-state index >= 15 is 14.4 Å². The Balaban J connectivity index is 0.977. The molecule has 0 radical (unpaired) electrons. The van der Waals surface area contributed by atoms with Crippen LogP contribution in [0, 0.1) is 46.8 Å². The number of hydrogen-bond acceptors (Lipinski definition) is 12. The fourth-order valence-electron chi connectivity index (χ4n) is 14.7. The Morgan fingerprint density at radius 1 is 1.06 bits per heavy atom. The number of aliphatic hydroxyl groups excluding tert-OH is 1. The molecular formula is C57H72N6O6. The number of aliphatic hydroxyl groups is 1. The van der Waals surface area contributed by atoms with Crippen molar-refractivity contribution in [2.45, 2.75) is 121 Å². The summed E-state index contributed by atoms with van der Waals surface area (Å²) in [5, 5.41) is 28.9. The summed E-state index contributed by atoms with van der Waals surface area (Å²) in [5.41, 5.74) is 9.84. The monoisotopic (exact) mass is 937 g/mol. The van der Waals surface area contributed by atoms with Crippen molar-refractivity contribution in [1.29, 1.82) is 0 Å². The van der Waals surface area contributed by atoms with Crippen molar-refractivity contribution in [3.8, 4) is 0 Å². The summed E-state index contributed by atoms with van der Waals surface area (Å²) in [6, 6.07) is 5.49. The average molecular weight is 937 g/mol. The van der Waals surface area contributed by atoms with Crippen LogP contribution in [0.5, 0.6) is 0 Å². The Morgan fingerprint density at radius 3 is 2.72 bits per heavy atom. The van der Waals surface area contributed by atoms with Crippen LogP contribution in [0.25, 0.3) is 0 Å². The molecule has 11 aliphatic rings. The lowest BCUT2D eigenvalue weighted by atomic mass is 9.57. The molecule has 69 heavy (non-hydrogen) atoms. The van der Waals surface area contributed by atoms with Gasteiger partial charge in [0.2, 0.25) is 5.78 Å². The number of carbonyl (C=O) groups is 3. The summed E-state index contributed by atoms with van der Waals surface area (Å²) in [6.07, 6.45) is 29.0. The van der Waals surface area contributed by atoms with Crippen LogP contribution in [0.2, 0.25) is 0 Å². The lowest BCUT2D eigenvalue weighted by Crippen LogP contribution is -2.53. The van der Waals surface area contributed by atoms with Crippen molar-refractivity contribution >= 4 is 17.5 Å². The zero-order valence-corrected chi connectivity index (χ0v) is 40.9. The van der Waals surface area contributed by atoms with E-state index in [0.717, 1.165) is 87.0 Å². The second-order valence-electron chi connectivity index (χ2n) is 22.3. The number of Topliss-reactive ketones (excluding diaryl/α,β-unsaturated/α-hetero) is 2. The van der Waals surface area contributed by atoms with E-state index in [1.165, 1.54) is 16.7 Å². The maximum absolute atomic E-state index is 15.7. The summed E-state index contributed by atoms with van der Waals surface area (Å²) < 4.78 is 13.2. The molecule has 13 atom stereocenters. The summed E-state index contributed by atoms with van der Waals surface area (Å²) in [7, 11) is 1.99. The third-order valence-corrected chi connectivity index (χ3v) is 18.2. The lowest BCUT2D eigenvalue weighted by molar-refractivity contribution is -0.150. The number of esters is 1. The molecule has 1 aromatic carbocycles. The highest BCUT2D eigenvalue weighted by atomic mass is 16.7. The molecule has 1 saturated carbocycles. The van der Waals surface area contributed by atoms with Crippen molar-refractivity contribution in [3.63, 3.8) is 0 Å². The number of fused-ring (bicyclic) bond motifs is 6. The van der Waals surface area contributed by atoms with Gasteiger partial charge in [0.25, 0.3) is 5.60 Å². The van der Waals surface area contributed by atoms with Gasteiger partial charge in [-0.3, -0.25) is 9.59 Å². The number of allylic oxidation sites excluding steroid dienone is 10. The Labute approximate surface area is 407 Å². The maximum atomic E-state index is 15.7. The molecule has 12 heteroatoms. The summed E-state index contributed by atoms with van der Waals surface area (Å²) in [5.74, 6) is 1.20. The van der Waals surface area contributed by atoms with Gasteiger partial charge in [-0.25, -0.2) is 4.79 Å². The number of nitrogens with two attached hydrogens (primary N) is 1. The SMILES string of the molecule is CCNC1C=C2C=CCC3C4C=CC(C1COC(=O)C15OC1(CC(CO)=C(C)CC1CCC6CC(NC)NC7=C6C1=CCN7)C(=O)c1cccc(c1C5=O)CC(C)(CC1=CNC(N)C=C1)CCC4)C23. The minimum Gasteiger partial charge on any atom is -0.463 e. The van der Waals surface area contributed by atoms with E-state index in [-0.39, 0.29) is 78.2 Å². The molecule has 1 aromatic rings. The van der Waals surface area contributed by atoms with Gasteiger partial charge in [-0.05, 0) is 159 Å². The zero-order chi connectivity index (χ0) is 47.8. The molecule has 0 aromatic heterocycles. The third kappa shape index (κ3) is 7.79. The number of rotatable bonds is 10. The molecule has 1 saturated heterocycles. The van der Waals surface area contributed by atoms with Crippen LogP contribution in [0.15, 0.2) is 112 Å². The normalized spacial score (nSPS) is 38.8. The second-order valence-corrected chi connectivity index (χ2v) is 22.3. The van der Waals surface area contributed by atoms with Crippen molar-refractivity contribution < 1.29 is 29.0 Å². The van der Waals surface area contributed by atoms with E-state index in [2.05, 4.69) is 83.0 Å². The van der Waals surface area contributed by atoms with Crippen LogP contribution < -0.4 is 32.3 Å². The van der Waals surface area contributed by atoms with Gasteiger partial charge in [0.1, 0.15) is 5.82 Å². The van der Waals surface area contributed by atoms with Gasteiger partial charge in [-0.15, -0.1) is 0 Å². The highest BCUT2D eigenvalue weighted by Crippen LogP contribution is 2.61. The van der Waals surface area contributed by atoms with E-state index in [4.69, 9.17) is 15.2 Å². The van der Waals surface area contributed by atoms with Gasteiger partial charge in [-0.2, -0.15) is 0 Å². The fraction of sp³-hybridized carbons (Fsp3) is 0.561. The zero-order valence-electron chi connectivity index (χ0n) is 40.9. The van der Waals surface area contributed by atoms with Crippen LogP contribution in [0.3, 0.4) is 0 Å². The minimum atomic E-state index is -2.19. The van der Waals surface area contributed by atoms with E-state index < -0.39 is 28.7 Å². The highest BCUT2D eigenvalue weighted by molar-refractivity contribution is 6.33. The van der Waals surface area contributed by atoms with Crippen LogP contribution >= 0.6 is 0 Å². The molecule has 8 N–H and O–H groups in total. The van der Waals surface area contributed by atoms with Crippen LogP contribution in [0.1, 0.15) is 111 Å². The Hall–Kier alpha value is -4.85. The smallest absolute Gasteiger partial charge is 0.350 e. The van der Waals surface area contributed by atoms with Crippen molar-refractivity contribution in [2.75, 3.05) is 33.4 Å². The number of epoxide rings is 1. The molecule has 2 fully saturated rings. The summed E-state index contributed by atoms with van der Waals surface area (Å²) in [6.45, 7) is 7.63. The quantitative estimate of drug-likeness (QED) is 0.0588. The van der Waals surface area contributed by atoms with Crippen molar-refractivity contribution in [3.05, 3.63) is 129 Å². The van der Waals surface area contributed by atoms with Crippen LogP contribution in [0.4, 0.5) is 0 Å². The summed E-state index contributed by atoms with van der Waals surface area (Å²) >= 11 is 0. The Morgan fingerprint density at radius 2 is 1.93 bits per heavy atom. The minimum absolute atomic E-state index is 0.0605. The van der Waals surface area contributed by atoms with Gasteiger partial charge >= 0.3 is 5.97 Å². The first-order valence-electron chi connectivity index (χ1n) is 26.1. The molecular weight excluding hydrogens is 865 g/mol. The van der Waals surface area contributed by atoms with Gasteiger partial charge in [0, 0.05) is 42.3 Å². The molecule has 6 heterocycles. The Kier molecular flexibility index (Phi) is 12.2. The second kappa shape index (κ2) is 18.1. The number of ketones is 2. The standard InChI is InChI=1S/C57H72N6O6/c1-5-60-45-24-36-9-6-12-40-34-11-8-21-55(3,26-33-14-19-46(58)62-29-33)27-38-10-7-13-43-49(38)52(66)57(54(67)68-31-44(45)42(18-17-34)48(36)40)56(69-57,51(43)65)28-39(30-64)32(2)23-35-15-16-37-25-47(59-4)63-53-50(37)41(35)20-22-61-53/h6-7,9-10,13-14,17-20,24,29,34-35,37,40,42,44-48,59-64H,5,8,11-12,15-16,21-23,25-28,30-31,58H2,1-4H3. The number of carbonyl (C=O) groups excluding carboxylic acids is 3. The van der Waals surface area contributed by atoms with E-state index in [0.29, 0.717) is 36.2 Å². The molecule has 0 amide bonds. The average Bonchev–Trinajstić information content (AvgIpc) is 4.05. The molecule has 12 rings (SSSR count). The number of nitrogens with one attached hydrogen (secondary N) is 5. The number of hydrogen-bond donors (Lipinski definition) is 7. The molecule has 5 aliphatic carbocycles. The van der Waals surface area contributed by atoms with Gasteiger partial charge in [0.05, 0.1) is 25.5 Å². The Bertz CT molecular complexity index is 2570. The fourth-order valence-corrected chi connectivity index (χ4v) is 14.7. The van der Waals surface area contributed by atoms with Gasteiger partial charge in [-0.1, -0.05) is 86.6 Å². The predicted molar refractivity (Wildman–Crippen MR) is 266 cm³/mol. The number of benzene rings is 1. The first-order chi connectivity index (χ1) is 33.4. The number of dihydropyridines is 2. The summed E-state index contributed by atoms with van der Waals surface area (Å²) in [4.78, 5) is 46.6. The van der Waals surface area contributed by atoms with Gasteiger partial charge < -0.3 is 46.9 Å². The molecule has 1 spiro atoms. The maximum Gasteiger partial charge on any atom is 0.350 e. The van der Waals surface area contributed by atoms with Crippen molar-refractivity contribution in [2.24, 2.45) is 52.6 Å². The van der Waals surface area contributed by atoms with E-state index in [1.54, 1.807) is 6.07 Å². The van der Waals surface area contributed by atoms with Crippen molar-refractivity contribution in [1.82, 2.24) is 26.6 Å². The number of likely N-dealkylation sites (N-methyl/N-ethyl adjacent to an activating group) is 1. The van der Waals surface area contributed by atoms with Gasteiger partial charge in [0.15, 0.2) is 11.4 Å². The predicted octanol–water partition coefficient (Wildman–Crippen LogP) is 6.49. The van der Waals surface area contributed by atoms with Crippen LogP contribution in [-0.4, -0.2) is 85.6 Å². The lowest BCUT2D eigenvalue weighted by Gasteiger charge is -2.49. The van der Waals surface area contributed by atoms with Crippen LogP contribution in [-0.2, 0) is 20.7 Å². The first kappa shape index (κ1) is 46.5. The largest absolute Gasteiger partial charge is 0.463 e. The molecule has 12 nitrogen and oxygen atoms in total. The molecule has 6 bridgehead atoms. The molecule has 13 unspecified atom stereocenters. The first-order valence-corrected chi connectivity index (χ1v) is 26.1. The van der Waals surface area contributed by atoms with E-state index in [1.807, 2.05) is 38.4 Å². The number of ether oxygens (including phenoxy) is 2.